The Bertz CT molecular complexity index is 1220. The van der Waals surface area contributed by atoms with Crippen LogP contribution in [-0.4, -0.2) is 23.8 Å². The van der Waals surface area contributed by atoms with E-state index in [2.05, 4.69) is 36.4 Å². The standard InChI is InChI=1S/C31H30O3/c32-29(26-17-23-5-1-2-7-28(23)30(33)19-26)12-9-20-8-10-22-15-21(16-25(22)14-20)4-3-6-24-18-27-11-13-31(24)34-27/h1-2,5,7-8,10-11,13-15,17,19,24,27-28,31H,3-4,6,9,12,16,18H2/t24-,27-,28?,31+/m1/s1. The van der Waals surface area contributed by atoms with Gasteiger partial charge in [-0.25, -0.2) is 0 Å². The summed E-state index contributed by atoms with van der Waals surface area (Å²) in [6, 6.07) is 6.62. The van der Waals surface area contributed by atoms with Gasteiger partial charge < -0.3 is 4.74 Å². The Hall–Kier alpha value is -3.04. The highest BCUT2D eigenvalue weighted by molar-refractivity contribution is 6.09. The van der Waals surface area contributed by atoms with E-state index in [1.54, 1.807) is 0 Å². The molecule has 4 atom stereocenters. The number of hydrogen-bond donors (Lipinski definition) is 0. The molecule has 0 N–H and O–H groups in total. The maximum atomic E-state index is 12.8. The monoisotopic (exact) mass is 450 g/mol. The van der Waals surface area contributed by atoms with E-state index in [0.717, 1.165) is 18.4 Å². The van der Waals surface area contributed by atoms with Crippen molar-refractivity contribution in [3.63, 3.8) is 0 Å². The van der Waals surface area contributed by atoms with Crippen LogP contribution in [0.3, 0.4) is 0 Å². The second-order valence-electron chi connectivity index (χ2n) is 10.2. The van der Waals surface area contributed by atoms with Gasteiger partial charge in [0.2, 0.25) is 0 Å². The zero-order chi connectivity index (χ0) is 23.1. The number of aryl methyl sites for hydroxylation is 1. The van der Waals surface area contributed by atoms with E-state index in [-0.39, 0.29) is 17.5 Å². The summed E-state index contributed by atoms with van der Waals surface area (Å²) in [6.45, 7) is 0. The summed E-state index contributed by atoms with van der Waals surface area (Å²) in [4.78, 5) is 25.2. The first-order valence-corrected chi connectivity index (χ1v) is 12.6. The Kier molecular flexibility index (Phi) is 5.66. The first-order valence-electron chi connectivity index (χ1n) is 12.6. The Balaban J connectivity index is 1.01. The van der Waals surface area contributed by atoms with Crippen molar-refractivity contribution in [3.8, 4) is 0 Å². The third-order valence-corrected chi connectivity index (χ3v) is 7.86. The molecule has 0 spiro atoms. The predicted octanol–water partition coefficient (Wildman–Crippen LogP) is 5.82. The molecule has 2 heterocycles. The van der Waals surface area contributed by atoms with Gasteiger partial charge in [-0.2, -0.15) is 0 Å². The Morgan fingerprint density at radius 3 is 2.82 bits per heavy atom. The molecule has 1 aromatic carbocycles. The molecule has 0 saturated carbocycles. The van der Waals surface area contributed by atoms with Crippen LogP contribution in [-0.2, 0) is 27.2 Å². The van der Waals surface area contributed by atoms with Crippen LogP contribution >= 0.6 is 0 Å². The number of allylic oxidation sites excluding steroid dienone is 9. The van der Waals surface area contributed by atoms with Gasteiger partial charge in [0.15, 0.2) is 11.6 Å². The molecule has 3 nitrogen and oxygen atoms in total. The first-order chi connectivity index (χ1) is 16.6. The van der Waals surface area contributed by atoms with Gasteiger partial charge in [-0.05, 0) is 78.9 Å². The van der Waals surface area contributed by atoms with E-state index < -0.39 is 0 Å². The van der Waals surface area contributed by atoms with Crippen LogP contribution in [0.15, 0.2) is 83.5 Å². The fourth-order valence-electron chi connectivity index (χ4n) is 6.00. The number of carbonyl (C=O) groups excluding carboxylic acids is 2. The van der Waals surface area contributed by atoms with Crippen molar-refractivity contribution >= 4 is 17.6 Å². The molecule has 1 aromatic rings. The Morgan fingerprint density at radius 2 is 1.97 bits per heavy atom. The van der Waals surface area contributed by atoms with Crippen molar-refractivity contribution in [2.45, 2.75) is 57.2 Å². The molecule has 1 unspecified atom stereocenters. The molecule has 1 fully saturated rings. The lowest BCUT2D eigenvalue weighted by Gasteiger charge is -2.19. The Labute approximate surface area is 201 Å². The van der Waals surface area contributed by atoms with Crippen LogP contribution in [0, 0.1) is 11.8 Å². The molecule has 0 aromatic heterocycles. The van der Waals surface area contributed by atoms with E-state index in [9.17, 15) is 9.59 Å². The number of benzene rings is 1. The highest BCUT2D eigenvalue weighted by Crippen LogP contribution is 2.37. The van der Waals surface area contributed by atoms with Gasteiger partial charge in [0.05, 0.1) is 18.1 Å². The summed E-state index contributed by atoms with van der Waals surface area (Å²) >= 11 is 0. The maximum absolute atomic E-state index is 12.8. The van der Waals surface area contributed by atoms with Crippen molar-refractivity contribution in [3.05, 3.63) is 100 Å². The second kappa shape index (κ2) is 8.96. The van der Waals surface area contributed by atoms with Gasteiger partial charge in [0.25, 0.3) is 0 Å². The molecule has 3 aliphatic carbocycles. The van der Waals surface area contributed by atoms with Crippen molar-refractivity contribution in [2.24, 2.45) is 11.8 Å². The van der Waals surface area contributed by atoms with E-state index in [1.807, 2.05) is 30.4 Å². The summed E-state index contributed by atoms with van der Waals surface area (Å²) < 4.78 is 5.90. The number of fused-ring (bicyclic) bond motifs is 4. The third-order valence-electron chi connectivity index (χ3n) is 7.86. The molecular formula is C31H30O3. The smallest absolute Gasteiger partial charge is 0.167 e. The van der Waals surface area contributed by atoms with Gasteiger partial charge in [-0.15, -0.1) is 0 Å². The van der Waals surface area contributed by atoms with Crippen LogP contribution in [0.4, 0.5) is 0 Å². The lowest BCUT2D eigenvalue weighted by Crippen LogP contribution is -2.19. The van der Waals surface area contributed by atoms with Crippen LogP contribution in [0.2, 0.25) is 0 Å². The fraction of sp³-hybridized carbons (Fsp3) is 0.355. The Morgan fingerprint density at radius 1 is 1.03 bits per heavy atom. The fourth-order valence-corrected chi connectivity index (χ4v) is 6.00. The summed E-state index contributed by atoms with van der Waals surface area (Å²) in [5.74, 6) is 0.520. The van der Waals surface area contributed by atoms with E-state index in [1.165, 1.54) is 47.6 Å². The summed E-state index contributed by atoms with van der Waals surface area (Å²) in [7, 11) is 0. The quantitative estimate of drug-likeness (QED) is 0.469. The highest BCUT2D eigenvalue weighted by Gasteiger charge is 2.36. The van der Waals surface area contributed by atoms with E-state index in [0.29, 0.717) is 36.5 Å². The average Bonchev–Trinajstić information content (AvgIpc) is 3.58. The second-order valence-corrected chi connectivity index (χ2v) is 10.2. The van der Waals surface area contributed by atoms with Crippen molar-refractivity contribution in [1.82, 2.24) is 0 Å². The van der Waals surface area contributed by atoms with Gasteiger partial charge in [-0.3, -0.25) is 9.59 Å². The molecular weight excluding hydrogens is 420 g/mol. The minimum Gasteiger partial charge on any atom is -0.367 e. The molecule has 6 rings (SSSR count). The highest BCUT2D eigenvalue weighted by atomic mass is 16.5. The molecule has 5 aliphatic rings. The third kappa shape index (κ3) is 4.25. The van der Waals surface area contributed by atoms with Gasteiger partial charge in [-0.1, -0.05) is 66.3 Å². The predicted molar refractivity (Wildman–Crippen MR) is 134 cm³/mol. The summed E-state index contributed by atoms with van der Waals surface area (Å²) in [5.41, 5.74) is 6.87. The van der Waals surface area contributed by atoms with Crippen LogP contribution in [0.5, 0.6) is 0 Å². The summed E-state index contributed by atoms with van der Waals surface area (Å²) in [6.07, 6.45) is 25.6. The normalized spacial score (nSPS) is 28.0. The lowest BCUT2D eigenvalue weighted by molar-refractivity contribution is -0.118. The number of ketones is 2. The van der Waals surface area contributed by atoms with Crippen molar-refractivity contribution in [1.29, 1.82) is 0 Å². The lowest BCUT2D eigenvalue weighted by atomic mass is 9.83. The topological polar surface area (TPSA) is 43.4 Å². The average molecular weight is 451 g/mol. The zero-order valence-corrected chi connectivity index (χ0v) is 19.4. The molecule has 172 valence electrons. The van der Waals surface area contributed by atoms with Crippen LogP contribution in [0.25, 0.3) is 6.08 Å². The minimum absolute atomic E-state index is 0.00186. The maximum Gasteiger partial charge on any atom is 0.167 e. The summed E-state index contributed by atoms with van der Waals surface area (Å²) in [5, 5.41) is 0. The van der Waals surface area contributed by atoms with Crippen LogP contribution < -0.4 is 0 Å². The molecule has 0 amide bonds. The number of ether oxygens (including phenoxy) is 1. The van der Waals surface area contributed by atoms with Crippen molar-refractivity contribution < 1.29 is 14.3 Å². The van der Waals surface area contributed by atoms with Gasteiger partial charge >= 0.3 is 0 Å². The molecule has 0 radical (unpaired) electrons. The van der Waals surface area contributed by atoms with Gasteiger partial charge in [0.1, 0.15) is 0 Å². The minimum atomic E-state index is -0.224. The molecule has 2 aliphatic heterocycles. The van der Waals surface area contributed by atoms with E-state index >= 15 is 0 Å². The SMILES string of the molecule is O=C(CCc1ccc2c(c1)CC(CCC[C@@H]1C[C@H]3C=C[C@@H]1O3)=C2)C1=CC(=O)C2C=CC=CC2=C1. The zero-order valence-electron chi connectivity index (χ0n) is 19.4. The number of carbonyl (C=O) groups is 2. The number of hydrogen-bond acceptors (Lipinski definition) is 3. The first kappa shape index (κ1) is 21.5. The number of Topliss-reactive ketones (excluding diaryl/α,β-unsaturated/α-hetero) is 1. The number of rotatable bonds is 8. The largest absolute Gasteiger partial charge is 0.367 e. The molecule has 34 heavy (non-hydrogen) atoms. The van der Waals surface area contributed by atoms with Gasteiger partial charge in [0, 0.05) is 12.0 Å². The van der Waals surface area contributed by atoms with Crippen molar-refractivity contribution in [2.75, 3.05) is 0 Å². The van der Waals surface area contributed by atoms with Crippen LogP contribution in [0.1, 0.15) is 48.8 Å². The molecule has 2 bridgehead atoms. The van der Waals surface area contributed by atoms with E-state index in [4.69, 9.17) is 4.74 Å². The molecule has 3 heteroatoms. The molecule has 1 saturated heterocycles.